The van der Waals surface area contributed by atoms with Crippen molar-refractivity contribution in [3.05, 3.63) is 59.8 Å². The van der Waals surface area contributed by atoms with E-state index in [1.807, 2.05) is 6.92 Å². The molecule has 1 amide bonds. The molecule has 0 aliphatic carbocycles. The third-order valence-electron chi connectivity index (χ3n) is 6.74. The molecule has 4 heterocycles. The van der Waals surface area contributed by atoms with E-state index in [0.29, 0.717) is 29.4 Å². The number of nitrogens with two attached hydrogens (primary N) is 1. The second-order valence-corrected chi connectivity index (χ2v) is 8.95. The molecule has 0 radical (unpaired) electrons. The molecule has 36 heavy (non-hydrogen) atoms. The molecule has 0 saturated carbocycles. The van der Waals surface area contributed by atoms with Gasteiger partial charge >= 0.3 is 6.36 Å². The van der Waals surface area contributed by atoms with E-state index in [0.717, 1.165) is 12.1 Å². The molecule has 2 aromatic carbocycles. The van der Waals surface area contributed by atoms with E-state index in [9.17, 15) is 18.0 Å². The average molecular weight is 501 g/mol. The number of imidazole rings is 1. The number of anilines is 1. The first kappa shape index (κ1) is 22.4. The number of piperidine rings is 1. The Hall–Kier alpha value is -4.09. The molecule has 0 bridgehead atoms. The van der Waals surface area contributed by atoms with Gasteiger partial charge in [-0.15, -0.1) is 13.2 Å². The summed E-state index contributed by atoms with van der Waals surface area (Å²) in [5, 5.41) is 0. The molecule has 2 aromatic heterocycles. The summed E-state index contributed by atoms with van der Waals surface area (Å²) in [4.78, 5) is 23.6. The molecule has 186 valence electrons. The predicted molar refractivity (Wildman–Crippen MR) is 120 cm³/mol. The maximum absolute atomic E-state index is 15.3. The highest BCUT2D eigenvalue weighted by molar-refractivity contribution is 5.99. The molecule has 0 spiro atoms. The normalized spacial score (nSPS) is 21.4. The minimum Gasteiger partial charge on any atom is -0.487 e. The number of fused-ring (bicyclic) bond motifs is 6. The molecule has 2 aliphatic rings. The van der Waals surface area contributed by atoms with E-state index in [1.54, 1.807) is 9.30 Å². The lowest BCUT2D eigenvalue weighted by Gasteiger charge is -2.41. The number of likely N-dealkylation sites (tertiary alicyclic amines) is 1. The first-order valence-electron chi connectivity index (χ1n) is 11.2. The van der Waals surface area contributed by atoms with Crippen LogP contribution in [0.5, 0.6) is 11.5 Å². The molecule has 2 aliphatic heterocycles. The van der Waals surface area contributed by atoms with Gasteiger partial charge in [0.15, 0.2) is 0 Å². The number of ether oxygens (including phenoxy) is 2. The van der Waals surface area contributed by atoms with Crippen LogP contribution < -0.4 is 15.2 Å². The third-order valence-corrected chi connectivity index (χ3v) is 6.74. The first-order chi connectivity index (χ1) is 17.1. The van der Waals surface area contributed by atoms with Crippen molar-refractivity contribution in [3.63, 3.8) is 0 Å². The quantitative estimate of drug-likeness (QED) is 0.403. The van der Waals surface area contributed by atoms with E-state index in [1.165, 1.54) is 30.7 Å². The maximum Gasteiger partial charge on any atom is 0.573 e. The Morgan fingerprint density at radius 3 is 2.78 bits per heavy atom. The monoisotopic (exact) mass is 501 g/mol. The number of carbonyl (C=O) groups is 1. The van der Waals surface area contributed by atoms with Crippen LogP contribution in [0.4, 0.5) is 23.4 Å². The van der Waals surface area contributed by atoms with Crippen LogP contribution in [0, 0.1) is 5.82 Å². The van der Waals surface area contributed by atoms with Gasteiger partial charge in [-0.1, -0.05) is 0 Å². The highest BCUT2D eigenvalue weighted by Gasteiger charge is 2.46. The fourth-order valence-corrected chi connectivity index (χ4v) is 5.18. The van der Waals surface area contributed by atoms with Crippen LogP contribution in [0.3, 0.4) is 0 Å². The van der Waals surface area contributed by atoms with Crippen molar-refractivity contribution in [1.29, 1.82) is 0 Å². The van der Waals surface area contributed by atoms with Gasteiger partial charge in [0.25, 0.3) is 5.91 Å². The number of carbonyl (C=O) groups excluding carboxylic acids is 1. The molecular formula is C24H19F4N5O3. The highest BCUT2D eigenvalue weighted by Crippen LogP contribution is 2.48. The van der Waals surface area contributed by atoms with Gasteiger partial charge in [0.05, 0.1) is 35.2 Å². The zero-order valence-electron chi connectivity index (χ0n) is 18.8. The minimum atomic E-state index is -4.84. The molecule has 6 rings (SSSR count). The minimum absolute atomic E-state index is 0.165. The smallest absolute Gasteiger partial charge is 0.487 e. The Kier molecular flexibility index (Phi) is 4.79. The zero-order chi connectivity index (χ0) is 25.4. The van der Waals surface area contributed by atoms with Crippen molar-refractivity contribution >= 4 is 28.3 Å². The Balaban J connectivity index is 1.42. The maximum atomic E-state index is 15.3. The number of alkyl halides is 3. The second kappa shape index (κ2) is 7.70. The Bertz CT molecular complexity index is 1540. The summed E-state index contributed by atoms with van der Waals surface area (Å²) < 4.78 is 64.8. The number of nitrogens with zero attached hydrogens (tertiary/aromatic N) is 4. The van der Waals surface area contributed by atoms with Crippen LogP contribution in [0.15, 0.2) is 42.9 Å². The van der Waals surface area contributed by atoms with Gasteiger partial charge in [0, 0.05) is 23.7 Å². The van der Waals surface area contributed by atoms with Crippen molar-refractivity contribution in [1.82, 2.24) is 19.3 Å². The molecule has 8 nitrogen and oxygen atoms in total. The molecule has 2 N–H and O–H groups in total. The number of amides is 1. The number of benzene rings is 2. The average Bonchev–Trinajstić information content (AvgIpc) is 3.43. The standard InChI is InChI=1S/C24H19F4N5O3/c1-11-2-5-19-21(13-4-3-12(6-20(13)35-19)36-24(26,27)28)33(11)23(34)14-7-17-16(8-15(14)25)31-22(29)18-9-30-10-32(17)18/h3-4,6-11,19,21H,2,5H2,1H3,(H2,29,31)/t11-,19+,21+/m1/s1. The summed E-state index contributed by atoms with van der Waals surface area (Å²) in [5.74, 6) is -1.35. The lowest BCUT2D eigenvalue weighted by atomic mass is 9.89. The van der Waals surface area contributed by atoms with Crippen LogP contribution in [0.1, 0.15) is 41.7 Å². The van der Waals surface area contributed by atoms with Gasteiger partial charge in [0.2, 0.25) is 0 Å². The van der Waals surface area contributed by atoms with E-state index < -0.39 is 36.0 Å². The molecule has 12 heteroatoms. The van der Waals surface area contributed by atoms with Gasteiger partial charge in [-0.25, -0.2) is 14.4 Å². The number of halogens is 4. The summed E-state index contributed by atoms with van der Waals surface area (Å²) >= 11 is 0. The molecular weight excluding hydrogens is 482 g/mol. The Labute approximate surface area is 201 Å². The number of rotatable bonds is 2. The molecule has 3 atom stereocenters. The topological polar surface area (TPSA) is 95.0 Å². The highest BCUT2D eigenvalue weighted by atomic mass is 19.4. The summed E-state index contributed by atoms with van der Waals surface area (Å²) in [6.07, 6.45) is -1.14. The van der Waals surface area contributed by atoms with Crippen LogP contribution >= 0.6 is 0 Å². The fourth-order valence-electron chi connectivity index (χ4n) is 5.18. The Morgan fingerprint density at radius 2 is 2.00 bits per heavy atom. The van der Waals surface area contributed by atoms with Crippen molar-refractivity contribution in [3.8, 4) is 11.5 Å². The van der Waals surface area contributed by atoms with Gasteiger partial charge in [-0.2, -0.15) is 0 Å². The van der Waals surface area contributed by atoms with Crippen molar-refractivity contribution in [2.24, 2.45) is 0 Å². The lowest BCUT2D eigenvalue weighted by Crippen LogP contribution is -2.49. The SMILES string of the molecule is C[C@@H]1CC[C@@H]2Oc3cc(OC(F)(F)F)ccc3[C@@H]2N1C(=O)c1cc2c(cc1F)nc(N)c1cncn12. The first-order valence-corrected chi connectivity index (χ1v) is 11.2. The molecule has 0 unspecified atom stereocenters. The number of hydrogen-bond acceptors (Lipinski definition) is 6. The largest absolute Gasteiger partial charge is 0.573 e. The van der Waals surface area contributed by atoms with Crippen LogP contribution in [-0.2, 0) is 0 Å². The fraction of sp³-hybridized carbons (Fsp3) is 0.292. The summed E-state index contributed by atoms with van der Waals surface area (Å²) in [5.41, 5.74) is 7.57. The van der Waals surface area contributed by atoms with E-state index in [2.05, 4.69) is 14.7 Å². The third kappa shape index (κ3) is 3.47. The van der Waals surface area contributed by atoms with Crippen molar-refractivity contribution < 1.29 is 31.8 Å². The molecule has 1 saturated heterocycles. The molecule has 4 aromatic rings. The lowest BCUT2D eigenvalue weighted by molar-refractivity contribution is -0.274. The van der Waals surface area contributed by atoms with Crippen molar-refractivity contribution in [2.45, 2.75) is 44.3 Å². The number of nitrogen functional groups attached to an aromatic ring is 1. The van der Waals surface area contributed by atoms with Crippen molar-refractivity contribution in [2.75, 3.05) is 5.73 Å². The second-order valence-electron chi connectivity index (χ2n) is 8.95. The predicted octanol–water partition coefficient (Wildman–Crippen LogP) is 4.63. The molecule has 1 fully saturated rings. The zero-order valence-corrected chi connectivity index (χ0v) is 18.8. The van der Waals surface area contributed by atoms with Crippen LogP contribution in [-0.4, -0.2) is 43.7 Å². The summed E-state index contributed by atoms with van der Waals surface area (Å²) in [6, 6.07) is 5.51. The van der Waals surface area contributed by atoms with Crippen LogP contribution in [0.25, 0.3) is 16.6 Å². The van der Waals surface area contributed by atoms with E-state index in [-0.39, 0.29) is 28.7 Å². The van der Waals surface area contributed by atoms with E-state index in [4.69, 9.17) is 10.5 Å². The van der Waals surface area contributed by atoms with E-state index >= 15 is 4.39 Å². The summed E-state index contributed by atoms with van der Waals surface area (Å²) in [7, 11) is 0. The van der Waals surface area contributed by atoms with Crippen LogP contribution in [0.2, 0.25) is 0 Å². The number of hydrogen-bond donors (Lipinski definition) is 1. The summed E-state index contributed by atoms with van der Waals surface area (Å²) in [6.45, 7) is 1.85. The van der Waals surface area contributed by atoms with Gasteiger partial charge in [0.1, 0.15) is 34.8 Å². The number of aromatic nitrogens is 3. The van der Waals surface area contributed by atoms with Gasteiger partial charge in [-0.05, 0) is 38.0 Å². The van der Waals surface area contributed by atoms with Gasteiger partial charge < -0.3 is 20.1 Å². The van der Waals surface area contributed by atoms with Gasteiger partial charge in [-0.3, -0.25) is 9.20 Å². The Morgan fingerprint density at radius 1 is 1.19 bits per heavy atom.